The van der Waals surface area contributed by atoms with Gasteiger partial charge in [0.15, 0.2) is 0 Å². The third kappa shape index (κ3) is 2.02. The summed E-state index contributed by atoms with van der Waals surface area (Å²) in [7, 11) is 0. The van der Waals surface area contributed by atoms with E-state index in [9.17, 15) is 13.2 Å². The zero-order valence-corrected chi connectivity index (χ0v) is 9.10. The Kier molecular flexibility index (Phi) is 2.52. The molecule has 0 aliphatic rings. The summed E-state index contributed by atoms with van der Waals surface area (Å²) in [5.41, 5.74) is 0. The average molecular weight is 273 g/mol. The monoisotopic (exact) mass is 272 g/mol. The van der Waals surface area contributed by atoms with Gasteiger partial charge >= 0.3 is 6.18 Å². The summed E-state index contributed by atoms with van der Waals surface area (Å²) >= 11 is 11.6. The van der Waals surface area contributed by atoms with Crippen molar-refractivity contribution < 1.29 is 13.2 Å². The number of nitrogens with zero attached hydrogens (tertiary/aromatic N) is 2. The minimum Gasteiger partial charge on any atom is -0.207 e. The molecule has 0 fully saturated rings. The van der Waals surface area contributed by atoms with Crippen LogP contribution >= 0.6 is 34.5 Å². The number of alkyl halides is 3. The second-order valence-electron chi connectivity index (χ2n) is 2.61. The summed E-state index contributed by atoms with van der Waals surface area (Å²) in [4.78, 5) is 6.58. The van der Waals surface area contributed by atoms with Crippen molar-refractivity contribution in [1.29, 1.82) is 0 Å². The van der Waals surface area contributed by atoms with Crippen LogP contribution < -0.4 is 0 Å². The zero-order chi connectivity index (χ0) is 11.2. The van der Waals surface area contributed by atoms with E-state index in [2.05, 4.69) is 9.97 Å². The molecule has 8 heteroatoms. The Morgan fingerprint density at radius 2 is 1.87 bits per heavy atom. The van der Waals surface area contributed by atoms with E-state index in [1.807, 2.05) is 0 Å². The van der Waals surface area contributed by atoms with E-state index in [4.69, 9.17) is 23.2 Å². The Hall–Kier alpha value is -0.590. The van der Waals surface area contributed by atoms with E-state index in [1.165, 1.54) is 0 Å². The summed E-state index contributed by atoms with van der Waals surface area (Å²) in [5, 5.41) is -0.0711. The maximum atomic E-state index is 12.3. The van der Waals surface area contributed by atoms with Crippen LogP contribution in [-0.4, -0.2) is 9.97 Å². The molecular weight excluding hydrogens is 272 g/mol. The molecule has 0 atom stereocenters. The Balaban J connectivity index is 2.71. The number of aromatic nitrogens is 2. The predicted molar refractivity (Wildman–Crippen MR) is 52.4 cm³/mol. The van der Waals surface area contributed by atoms with Crippen molar-refractivity contribution in [3.05, 3.63) is 21.4 Å². The molecule has 0 spiro atoms. The molecule has 0 unspecified atom stereocenters. The van der Waals surface area contributed by atoms with Crippen molar-refractivity contribution in [2.45, 2.75) is 6.18 Å². The molecular formula is C7HCl2F3N2S. The molecule has 0 saturated heterocycles. The lowest BCUT2D eigenvalue weighted by molar-refractivity contribution is -0.134. The standard InChI is InChI=1S/C7HCl2F3N2S/c8-4-2-1-3(7(10,11)12)15-5(2)14-6(9)13-4/h1H. The molecule has 15 heavy (non-hydrogen) atoms. The molecule has 2 nitrogen and oxygen atoms in total. The van der Waals surface area contributed by atoms with Gasteiger partial charge in [-0.05, 0) is 17.7 Å². The lowest BCUT2D eigenvalue weighted by Gasteiger charge is -1.99. The summed E-state index contributed by atoms with van der Waals surface area (Å²) in [6.07, 6.45) is -4.40. The molecule has 0 aliphatic carbocycles. The molecule has 2 heterocycles. The highest BCUT2D eigenvalue weighted by atomic mass is 35.5. The second kappa shape index (κ2) is 3.47. The largest absolute Gasteiger partial charge is 0.425 e. The lowest BCUT2D eigenvalue weighted by Crippen LogP contribution is -2.00. The molecule has 0 amide bonds. The highest BCUT2D eigenvalue weighted by molar-refractivity contribution is 7.18. The van der Waals surface area contributed by atoms with Crippen molar-refractivity contribution >= 4 is 44.8 Å². The molecule has 0 aliphatic heterocycles. The average Bonchev–Trinajstić information content (AvgIpc) is 2.46. The SMILES string of the molecule is FC(F)(F)c1cc2c(Cl)nc(Cl)nc2s1. The highest BCUT2D eigenvalue weighted by Gasteiger charge is 2.33. The van der Waals surface area contributed by atoms with Crippen molar-refractivity contribution in [2.75, 3.05) is 0 Å². The van der Waals surface area contributed by atoms with E-state index in [0.717, 1.165) is 6.07 Å². The fourth-order valence-electron chi connectivity index (χ4n) is 1.00. The minimum absolute atomic E-state index is 0.0725. The van der Waals surface area contributed by atoms with Gasteiger partial charge in [0.2, 0.25) is 5.28 Å². The fourth-order valence-corrected chi connectivity index (χ4v) is 2.44. The molecule has 2 aromatic heterocycles. The van der Waals surface area contributed by atoms with Crippen LogP contribution in [0.25, 0.3) is 10.2 Å². The van der Waals surface area contributed by atoms with Gasteiger partial charge in [-0.1, -0.05) is 11.6 Å². The number of fused-ring (bicyclic) bond motifs is 1. The number of thiophene rings is 1. The third-order valence-electron chi connectivity index (χ3n) is 1.60. The molecule has 0 saturated carbocycles. The second-order valence-corrected chi connectivity index (χ2v) is 4.34. The summed E-state index contributed by atoms with van der Waals surface area (Å²) in [6, 6.07) is 0.915. The smallest absolute Gasteiger partial charge is 0.207 e. The van der Waals surface area contributed by atoms with Gasteiger partial charge in [0.25, 0.3) is 0 Å². The van der Waals surface area contributed by atoms with Crippen LogP contribution in [0.2, 0.25) is 10.4 Å². The van der Waals surface area contributed by atoms with Gasteiger partial charge in [0.1, 0.15) is 14.9 Å². The van der Waals surface area contributed by atoms with E-state index >= 15 is 0 Å². The zero-order valence-electron chi connectivity index (χ0n) is 6.77. The van der Waals surface area contributed by atoms with E-state index in [1.54, 1.807) is 0 Å². The van der Waals surface area contributed by atoms with Gasteiger partial charge in [-0.15, -0.1) is 11.3 Å². The van der Waals surface area contributed by atoms with Crippen LogP contribution in [0.15, 0.2) is 6.07 Å². The molecule has 0 radical (unpaired) electrons. The summed E-state index contributed by atoms with van der Waals surface area (Å²) in [6.45, 7) is 0. The Morgan fingerprint density at radius 1 is 1.20 bits per heavy atom. The third-order valence-corrected chi connectivity index (χ3v) is 3.13. The van der Waals surface area contributed by atoms with Gasteiger partial charge in [-0.3, -0.25) is 0 Å². The van der Waals surface area contributed by atoms with Gasteiger partial charge in [-0.25, -0.2) is 9.97 Å². The summed E-state index contributed by atoms with van der Waals surface area (Å²) in [5.74, 6) is 0. The maximum absolute atomic E-state index is 12.3. The van der Waals surface area contributed by atoms with Crippen LogP contribution in [0.5, 0.6) is 0 Å². The Bertz CT molecular complexity index is 523. The van der Waals surface area contributed by atoms with Crippen LogP contribution in [0.1, 0.15) is 4.88 Å². The quantitative estimate of drug-likeness (QED) is 0.535. The number of hydrogen-bond acceptors (Lipinski definition) is 3. The van der Waals surface area contributed by atoms with Crippen LogP contribution in [-0.2, 0) is 6.18 Å². The van der Waals surface area contributed by atoms with Gasteiger partial charge in [0, 0.05) is 5.39 Å². The predicted octanol–water partition coefficient (Wildman–Crippen LogP) is 4.02. The highest BCUT2D eigenvalue weighted by Crippen LogP contribution is 2.39. The van der Waals surface area contributed by atoms with Crippen molar-refractivity contribution in [3.63, 3.8) is 0 Å². The Labute approximate surface area is 95.7 Å². The van der Waals surface area contributed by atoms with Crippen LogP contribution in [0, 0.1) is 0 Å². The topological polar surface area (TPSA) is 25.8 Å². The normalized spacial score (nSPS) is 12.3. The molecule has 80 valence electrons. The van der Waals surface area contributed by atoms with Crippen molar-refractivity contribution in [1.82, 2.24) is 9.97 Å². The fraction of sp³-hybridized carbons (Fsp3) is 0.143. The number of rotatable bonds is 0. The number of halogens is 5. The minimum atomic E-state index is -4.40. The first-order valence-electron chi connectivity index (χ1n) is 3.57. The summed E-state index contributed by atoms with van der Waals surface area (Å²) < 4.78 is 37.0. The molecule has 0 bridgehead atoms. The number of hydrogen-bond donors (Lipinski definition) is 0. The van der Waals surface area contributed by atoms with Crippen LogP contribution in [0.3, 0.4) is 0 Å². The molecule has 2 aromatic rings. The van der Waals surface area contributed by atoms with Gasteiger partial charge in [0.05, 0.1) is 0 Å². The van der Waals surface area contributed by atoms with E-state index in [-0.39, 0.29) is 20.7 Å². The van der Waals surface area contributed by atoms with Crippen LogP contribution in [0.4, 0.5) is 13.2 Å². The first-order chi connectivity index (χ1) is 6.88. The van der Waals surface area contributed by atoms with Crippen molar-refractivity contribution in [2.24, 2.45) is 0 Å². The first-order valence-corrected chi connectivity index (χ1v) is 5.15. The molecule has 2 rings (SSSR count). The van der Waals surface area contributed by atoms with E-state index < -0.39 is 11.1 Å². The van der Waals surface area contributed by atoms with Gasteiger partial charge < -0.3 is 0 Å². The Morgan fingerprint density at radius 3 is 2.47 bits per heavy atom. The first kappa shape index (κ1) is 10.9. The lowest BCUT2D eigenvalue weighted by atomic mass is 10.3. The maximum Gasteiger partial charge on any atom is 0.425 e. The van der Waals surface area contributed by atoms with Crippen molar-refractivity contribution in [3.8, 4) is 0 Å². The molecule has 0 aromatic carbocycles. The van der Waals surface area contributed by atoms with E-state index in [0.29, 0.717) is 11.3 Å². The molecule has 0 N–H and O–H groups in total. The van der Waals surface area contributed by atoms with Gasteiger partial charge in [-0.2, -0.15) is 13.2 Å².